The summed E-state index contributed by atoms with van der Waals surface area (Å²) in [6, 6.07) is 0. The van der Waals surface area contributed by atoms with Gasteiger partial charge in [0.15, 0.2) is 5.84 Å². The van der Waals surface area contributed by atoms with Gasteiger partial charge < -0.3 is 4.90 Å². The molecule has 0 radical (unpaired) electrons. The summed E-state index contributed by atoms with van der Waals surface area (Å²) in [4.78, 5) is 1.96. The first-order valence-corrected chi connectivity index (χ1v) is 3.98. The summed E-state index contributed by atoms with van der Waals surface area (Å²) in [6.07, 6.45) is 5.83. The molecule has 0 unspecified atom stereocenters. The molecule has 2 heterocycles. The zero-order chi connectivity index (χ0) is 7.84. The van der Waals surface area contributed by atoms with E-state index in [0.29, 0.717) is 6.67 Å². The minimum Gasteiger partial charge on any atom is -0.309 e. The lowest BCUT2D eigenvalue weighted by atomic mass is 10.3. The fourth-order valence-electron chi connectivity index (χ4n) is 1.04. The largest absolute Gasteiger partial charge is 0.309 e. The van der Waals surface area contributed by atoms with Crippen molar-refractivity contribution in [2.45, 2.75) is 0 Å². The molecule has 0 aromatic rings. The van der Waals surface area contributed by atoms with Gasteiger partial charge in [0.1, 0.15) is 6.67 Å². The maximum Gasteiger partial charge on any atom is 0.170 e. The first-order chi connectivity index (χ1) is 5.27. The molecular formula is C6H7BrN4. The third-order valence-corrected chi connectivity index (χ3v) is 2.13. The number of nitrogens with zero attached hydrogens (tertiary/aromatic N) is 3. The summed E-state index contributed by atoms with van der Waals surface area (Å²) in [5.74, 6) is 6.35. The minimum absolute atomic E-state index is 0.620. The van der Waals surface area contributed by atoms with Crippen molar-refractivity contribution in [1.82, 2.24) is 10.0 Å². The third kappa shape index (κ3) is 1.06. The number of fused-ring (bicyclic) bond motifs is 1. The van der Waals surface area contributed by atoms with Crippen LogP contribution in [-0.2, 0) is 0 Å². The summed E-state index contributed by atoms with van der Waals surface area (Å²) in [5.41, 5.74) is 0. The van der Waals surface area contributed by atoms with Crippen LogP contribution in [-0.4, -0.2) is 22.5 Å². The van der Waals surface area contributed by atoms with Crippen LogP contribution in [0.2, 0.25) is 0 Å². The smallest absolute Gasteiger partial charge is 0.170 e. The molecular weight excluding hydrogens is 208 g/mol. The molecule has 0 amide bonds. The van der Waals surface area contributed by atoms with Crippen molar-refractivity contribution in [2.24, 2.45) is 10.9 Å². The molecule has 2 aliphatic rings. The van der Waals surface area contributed by atoms with E-state index in [2.05, 4.69) is 21.0 Å². The number of hydrazine groups is 1. The van der Waals surface area contributed by atoms with Crippen molar-refractivity contribution in [2.75, 3.05) is 6.67 Å². The Morgan fingerprint density at radius 2 is 2.45 bits per heavy atom. The van der Waals surface area contributed by atoms with Crippen LogP contribution in [0.15, 0.2) is 27.9 Å². The quantitative estimate of drug-likeness (QED) is 0.600. The molecule has 0 bridgehead atoms. The Bertz CT molecular complexity index is 268. The van der Waals surface area contributed by atoms with Crippen molar-refractivity contribution >= 4 is 21.8 Å². The highest BCUT2D eigenvalue weighted by molar-refractivity contribution is 9.12. The summed E-state index contributed by atoms with van der Waals surface area (Å²) < 4.78 is 0.966. The molecule has 2 N–H and O–H groups in total. The highest BCUT2D eigenvalue weighted by Crippen LogP contribution is 2.20. The second-order valence-corrected chi connectivity index (χ2v) is 3.18. The number of hydrogen-bond donors (Lipinski definition) is 1. The van der Waals surface area contributed by atoms with Gasteiger partial charge in [0.2, 0.25) is 0 Å². The lowest BCUT2D eigenvalue weighted by Crippen LogP contribution is -2.30. The van der Waals surface area contributed by atoms with E-state index in [1.54, 1.807) is 0 Å². The average Bonchev–Trinajstić information content (AvgIpc) is 2.31. The zero-order valence-corrected chi connectivity index (χ0v) is 7.32. The molecule has 2 rings (SSSR count). The van der Waals surface area contributed by atoms with Crippen LogP contribution < -0.4 is 5.84 Å². The Hall–Kier alpha value is -0.810. The Balaban J connectivity index is 2.35. The molecule has 5 heteroatoms. The van der Waals surface area contributed by atoms with Gasteiger partial charge in [-0.25, -0.2) is 11.0 Å². The third-order valence-electron chi connectivity index (χ3n) is 1.51. The molecule has 58 valence electrons. The van der Waals surface area contributed by atoms with E-state index in [9.17, 15) is 0 Å². The molecule has 0 aromatic carbocycles. The molecule has 0 aromatic heterocycles. The molecule has 0 atom stereocenters. The van der Waals surface area contributed by atoms with E-state index in [0.717, 1.165) is 10.3 Å². The predicted octanol–water partition coefficient (Wildman–Crippen LogP) is 0.555. The van der Waals surface area contributed by atoms with Crippen LogP contribution in [0.5, 0.6) is 0 Å². The molecule has 0 saturated carbocycles. The fourth-order valence-corrected chi connectivity index (χ4v) is 1.50. The van der Waals surface area contributed by atoms with Gasteiger partial charge in [-0.2, -0.15) is 0 Å². The van der Waals surface area contributed by atoms with Crippen molar-refractivity contribution < 1.29 is 0 Å². The van der Waals surface area contributed by atoms with Crippen molar-refractivity contribution in [3.63, 3.8) is 0 Å². The average molecular weight is 215 g/mol. The standard InChI is InChI=1S/C6H7BrN4/c7-5-2-1-3-10-4-11(8)9-6(5)10/h1-3H,4,8H2. The molecule has 11 heavy (non-hydrogen) atoms. The first-order valence-electron chi connectivity index (χ1n) is 3.19. The maximum atomic E-state index is 5.48. The molecule has 4 nitrogen and oxygen atoms in total. The van der Waals surface area contributed by atoms with Gasteiger partial charge in [0.25, 0.3) is 0 Å². The number of amidine groups is 1. The van der Waals surface area contributed by atoms with E-state index in [1.807, 2.05) is 23.3 Å². The van der Waals surface area contributed by atoms with Crippen LogP contribution in [0.1, 0.15) is 0 Å². The van der Waals surface area contributed by atoms with Crippen LogP contribution in [0, 0.1) is 0 Å². The summed E-state index contributed by atoms with van der Waals surface area (Å²) >= 11 is 3.38. The van der Waals surface area contributed by atoms with Gasteiger partial charge in [0, 0.05) is 6.20 Å². The lowest BCUT2D eigenvalue weighted by molar-refractivity contribution is 0.271. The number of halogens is 1. The Morgan fingerprint density at radius 3 is 3.18 bits per heavy atom. The van der Waals surface area contributed by atoms with Gasteiger partial charge in [-0.1, -0.05) is 0 Å². The SMILES string of the molecule is NN1CN2C=CC=C(Br)C2=N1. The normalized spacial score (nSPS) is 21.6. The second-order valence-electron chi connectivity index (χ2n) is 2.33. The van der Waals surface area contributed by atoms with Crippen LogP contribution in [0.4, 0.5) is 0 Å². The van der Waals surface area contributed by atoms with Crippen LogP contribution in [0.3, 0.4) is 0 Å². The van der Waals surface area contributed by atoms with Gasteiger partial charge in [-0.15, -0.1) is 5.10 Å². The topological polar surface area (TPSA) is 44.9 Å². The van der Waals surface area contributed by atoms with E-state index < -0.39 is 0 Å². The van der Waals surface area contributed by atoms with E-state index in [4.69, 9.17) is 5.84 Å². The fraction of sp³-hybridized carbons (Fsp3) is 0.167. The monoisotopic (exact) mass is 214 g/mol. The molecule has 0 spiro atoms. The lowest BCUT2D eigenvalue weighted by Gasteiger charge is -2.16. The first kappa shape index (κ1) is 6.87. The zero-order valence-electron chi connectivity index (χ0n) is 5.74. The summed E-state index contributed by atoms with van der Waals surface area (Å²) in [5, 5.41) is 5.48. The summed E-state index contributed by atoms with van der Waals surface area (Å²) in [6.45, 7) is 0.620. The van der Waals surface area contributed by atoms with Gasteiger partial charge in [-0.05, 0) is 28.1 Å². The second kappa shape index (κ2) is 2.35. The highest BCUT2D eigenvalue weighted by Gasteiger charge is 2.22. The van der Waals surface area contributed by atoms with Gasteiger partial charge in [-0.3, -0.25) is 0 Å². The molecule has 0 saturated heterocycles. The maximum absolute atomic E-state index is 5.48. The Labute approximate surface area is 72.7 Å². The Morgan fingerprint density at radius 1 is 1.64 bits per heavy atom. The summed E-state index contributed by atoms with van der Waals surface area (Å²) in [7, 11) is 0. The molecule has 0 aliphatic carbocycles. The van der Waals surface area contributed by atoms with E-state index >= 15 is 0 Å². The van der Waals surface area contributed by atoms with Crippen LogP contribution >= 0.6 is 15.9 Å². The molecule has 0 fully saturated rings. The highest BCUT2D eigenvalue weighted by atomic mass is 79.9. The van der Waals surface area contributed by atoms with E-state index in [-0.39, 0.29) is 0 Å². The number of hydrazone groups is 1. The number of allylic oxidation sites excluding steroid dienone is 2. The number of rotatable bonds is 0. The minimum atomic E-state index is 0.620. The van der Waals surface area contributed by atoms with Gasteiger partial charge >= 0.3 is 0 Å². The van der Waals surface area contributed by atoms with Crippen molar-refractivity contribution in [3.05, 3.63) is 22.8 Å². The number of hydrogen-bond acceptors (Lipinski definition) is 4. The predicted molar refractivity (Wildman–Crippen MR) is 46.3 cm³/mol. The number of nitrogens with two attached hydrogens (primary N) is 1. The van der Waals surface area contributed by atoms with Crippen molar-refractivity contribution in [3.8, 4) is 0 Å². The van der Waals surface area contributed by atoms with E-state index in [1.165, 1.54) is 5.12 Å². The van der Waals surface area contributed by atoms with Crippen molar-refractivity contribution in [1.29, 1.82) is 0 Å². The Kier molecular flexibility index (Phi) is 1.47. The van der Waals surface area contributed by atoms with Crippen LogP contribution in [0.25, 0.3) is 0 Å². The molecule has 2 aliphatic heterocycles. The van der Waals surface area contributed by atoms with Gasteiger partial charge in [0.05, 0.1) is 4.48 Å².